The summed E-state index contributed by atoms with van der Waals surface area (Å²) in [5, 5.41) is 5.32. The fourth-order valence-corrected chi connectivity index (χ4v) is 3.28. The number of hydrogen-bond acceptors (Lipinski definition) is 5. The first-order valence-electron chi connectivity index (χ1n) is 8.07. The number of fused-ring (bicyclic) bond motifs is 1. The van der Waals surface area contributed by atoms with Gasteiger partial charge in [-0.3, -0.25) is 9.59 Å². The standard InChI is InChI=1S/C18H20N4O2S/c1-18(2,3)14-10-25-17(21-14)22-15(23)9-8-13-16(24)20-12-7-5-4-6-11(12)19-13/h4-7,10H,8-9H2,1-3H3,(H,20,24)(H,21,22,23). The molecule has 0 fully saturated rings. The van der Waals surface area contributed by atoms with Crippen molar-refractivity contribution in [3.63, 3.8) is 0 Å². The summed E-state index contributed by atoms with van der Waals surface area (Å²) < 4.78 is 0. The van der Waals surface area contributed by atoms with E-state index in [1.54, 1.807) is 6.07 Å². The van der Waals surface area contributed by atoms with E-state index in [-0.39, 0.29) is 29.7 Å². The Morgan fingerprint density at radius 3 is 2.72 bits per heavy atom. The van der Waals surface area contributed by atoms with Crippen LogP contribution in [0, 0.1) is 0 Å². The number of nitrogens with one attached hydrogen (secondary N) is 2. The molecule has 2 heterocycles. The zero-order chi connectivity index (χ0) is 18.0. The first-order chi connectivity index (χ1) is 11.8. The van der Waals surface area contributed by atoms with Gasteiger partial charge in [0.25, 0.3) is 5.56 Å². The normalized spacial score (nSPS) is 11.6. The van der Waals surface area contributed by atoms with Crippen LogP contribution in [0.2, 0.25) is 0 Å². The van der Waals surface area contributed by atoms with Gasteiger partial charge in [0.15, 0.2) is 5.13 Å². The van der Waals surface area contributed by atoms with Crippen molar-refractivity contribution in [3.8, 4) is 0 Å². The number of aryl methyl sites for hydroxylation is 1. The van der Waals surface area contributed by atoms with E-state index in [0.717, 1.165) is 5.69 Å². The third-order valence-electron chi connectivity index (χ3n) is 3.78. The maximum Gasteiger partial charge on any atom is 0.270 e. The smallest absolute Gasteiger partial charge is 0.270 e. The number of thiazole rings is 1. The average Bonchev–Trinajstić information content (AvgIpc) is 3.01. The van der Waals surface area contributed by atoms with Crippen LogP contribution < -0.4 is 10.9 Å². The van der Waals surface area contributed by atoms with Crippen molar-refractivity contribution in [2.45, 2.75) is 39.0 Å². The van der Waals surface area contributed by atoms with Gasteiger partial charge in [0.2, 0.25) is 5.91 Å². The van der Waals surface area contributed by atoms with Gasteiger partial charge in [0, 0.05) is 23.6 Å². The van der Waals surface area contributed by atoms with Crippen molar-refractivity contribution in [3.05, 3.63) is 51.4 Å². The molecule has 0 saturated heterocycles. The Morgan fingerprint density at radius 1 is 1.24 bits per heavy atom. The Bertz CT molecular complexity index is 969. The SMILES string of the molecule is CC(C)(C)c1csc(NC(=O)CCc2nc3ccccc3[nH]c2=O)n1. The first kappa shape index (κ1) is 17.3. The molecular weight excluding hydrogens is 336 g/mol. The number of para-hydroxylation sites is 2. The van der Waals surface area contributed by atoms with Crippen LogP contribution in [-0.2, 0) is 16.6 Å². The molecule has 25 heavy (non-hydrogen) atoms. The van der Waals surface area contributed by atoms with Gasteiger partial charge in [0.05, 0.1) is 16.7 Å². The van der Waals surface area contributed by atoms with E-state index in [4.69, 9.17) is 0 Å². The lowest BCUT2D eigenvalue weighted by Gasteiger charge is -2.14. The van der Waals surface area contributed by atoms with Crippen molar-refractivity contribution in [2.24, 2.45) is 0 Å². The molecule has 2 N–H and O–H groups in total. The highest BCUT2D eigenvalue weighted by Crippen LogP contribution is 2.26. The number of nitrogens with zero attached hydrogens (tertiary/aromatic N) is 2. The molecule has 6 nitrogen and oxygen atoms in total. The maximum atomic E-state index is 12.1. The fraction of sp³-hybridized carbons (Fsp3) is 0.333. The number of anilines is 1. The van der Waals surface area contributed by atoms with Crippen LogP contribution in [0.1, 0.15) is 38.6 Å². The minimum Gasteiger partial charge on any atom is -0.319 e. The third kappa shape index (κ3) is 4.11. The largest absolute Gasteiger partial charge is 0.319 e. The highest BCUT2D eigenvalue weighted by molar-refractivity contribution is 7.13. The van der Waals surface area contributed by atoms with Gasteiger partial charge in [-0.2, -0.15) is 0 Å². The van der Waals surface area contributed by atoms with Crippen molar-refractivity contribution >= 4 is 33.4 Å². The summed E-state index contributed by atoms with van der Waals surface area (Å²) in [7, 11) is 0. The maximum absolute atomic E-state index is 12.1. The van der Waals surface area contributed by atoms with Crippen LogP contribution in [-0.4, -0.2) is 20.9 Å². The number of hydrogen-bond donors (Lipinski definition) is 2. The molecule has 0 saturated carbocycles. The van der Waals surface area contributed by atoms with Crippen molar-refractivity contribution in [1.82, 2.24) is 15.0 Å². The lowest BCUT2D eigenvalue weighted by atomic mass is 9.93. The Morgan fingerprint density at radius 2 is 2.00 bits per heavy atom. The molecule has 3 aromatic rings. The summed E-state index contributed by atoms with van der Waals surface area (Å²) in [6.45, 7) is 6.22. The first-order valence-corrected chi connectivity index (χ1v) is 8.95. The quantitative estimate of drug-likeness (QED) is 0.751. The minimum atomic E-state index is -0.254. The number of benzene rings is 1. The molecule has 0 radical (unpaired) electrons. The van der Waals surface area contributed by atoms with Gasteiger partial charge in [-0.25, -0.2) is 9.97 Å². The molecule has 7 heteroatoms. The highest BCUT2D eigenvalue weighted by Gasteiger charge is 2.18. The topological polar surface area (TPSA) is 87.7 Å². The predicted molar refractivity (Wildman–Crippen MR) is 100 cm³/mol. The van der Waals surface area contributed by atoms with Crippen LogP contribution in [0.25, 0.3) is 11.0 Å². The number of H-pyrrole nitrogens is 1. The van der Waals surface area contributed by atoms with E-state index in [1.165, 1.54) is 11.3 Å². The summed E-state index contributed by atoms with van der Waals surface area (Å²) in [6, 6.07) is 7.33. The van der Waals surface area contributed by atoms with Crippen LogP contribution in [0.5, 0.6) is 0 Å². The van der Waals surface area contributed by atoms with E-state index < -0.39 is 0 Å². The zero-order valence-electron chi connectivity index (χ0n) is 14.4. The number of carbonyl (C=O) groups excluding carboxylic acids is 1. The molecule has 0 spiro atoms. The molecule has 2 aromatic heterocycles. The van der Waals surface area contributed by atoms with E-state index in [2.05, 4.69) is 41.0 Å². The fourth-order valence-electron chi connectivity index (χ4n) is 2.33. The number of rotatable bonds is 4. The summed E-state index contributed by atoms with van der Waals surface area (Å²) in [6.07, 6.45) is 0.461. The molecule has 0 aliphatic rings. The van der Waals surface area contributed by atoms with Crippen LogP contribution in [0.3, 0.4) is 0 Å². The van der Waals surface area contributed by atoms with Crippen molar-refractivity contribution in [2.75, 3.05) is 5.32 Å². The monoisotopic (exact) mass is 356 g/mol. The Hall–Kier alpha value is -2.54. The second-order valence-corrected chi connectivity index (χ2v) is 7.72. The minimum absolute atomic E-state index is 0.0538. The molecule has 0 aliphatic carbocycles. The van der Waals surface area contributed by atoms with E-state index in [0.29, 0.717) is 21.9 Å². The molecule has 130 valence electrons. The molecule has 0 bridgehead atoms. The highest BCUT2D eigenvalue weighted by atomic mass is 32.1. The van der Waals surface area contributed by atoms with E-state index in [9.17, 15) is 9.59 Å². The van der Waals surface area contributed by atoms with Gasteiger partial charge >= 0.3 is 0 Å². The summed E-state index contributed by atoms with van der Waals surface area (Å²) >= 11 is 1.40. The average molecular weight is 356 g/mol. The van der Waals surface area contributed by atoms with Gasteiger partial charge in [-0.1, -0.05) is 32.9 Å². The Balaban J connectivity index is 1.65. The lowest BCUT2D eigenvalue weighted by molar-refractivity contribution is -0.116. The molecular formula is C18H20N4O2S. The zero-order valence-corrected chi connectivity index (χ0v) is 15.2. The molecule has 3 rings (SSSR count). The molecule has 0 unspecified atom stereocenters. The number of aromatic nitrogens is 3. The van der Waals surface area contributed by atoms with Crippen LogP contribution in [0.15, 0.2) is 34.4 Å². The second kappa shape index (κ2) is 6.76. The Labute approximate surface area is 149 Å². The third-order valence-corrected chi connectivity index (χ3v) is 4.54. The molecule has 1 amide bonds. The molecule has 0 aliphatic heterocycles. The van der Waals surface area contributed by atoms with Crippen molar-refractivity contribution in [1.29, 1.82) is 0 Å². The number of carbonyl (C=O) groups is 1. The van der Waals surface area contributed by atoms with E-state index in [1.807, 2.05) is 23.6 Å². The van der Waals surface area contributed by atoms with Crippen LogP contribution in [0.4, 0.5) is 5.13 Å². The summed E-state index contributed by atoms with van der Waals surface area (Å²) in [4.78, 5) is 35.8. The number of aromatic amines is 1. The van der Waals surface area contributed by atoms with Gasteiger partial charge in [-0.05, 0) is 12.1 Å². The summed E-state index contributed by atoms with van der Waals surface area (Å²) in [5.41, 5.74) is 2.41. The number of amides is 1. The lowest BCUT2D eigenvalue weighted by Crippen LogP contribution is -2.19. The van der Waals surface area contributed by atoms with E-state index >= 15 is 0 Å². The summed E-state index contributed by atoms with van der Waals surface area (Å²) in [5.74, 6) is -0.177. The Kier molecular flexibility index (Phi) is 4.67. The molecule has 0 atom stereocenters. The molecule has 1 aromatic carbocycles. The van der Waals surface area contributed by atoms with Crippen LogP contribution >= 0.6 is 11.3 Å². The predicted octanol–water partition coefficient (Wildman–Crippen LogP) is 3.25. The van der Waals surface area contributed by atoms with Gasteiger partial charge in [0.1, 0.15) is 5.69 Å². The van der Waals surface area contributed by atoms with Crippen molar-refractivity contribution < 1.29 is 4.79 Å². The van der Waals surface area contributed by atoms with Gasteiger partial charge in [-0.15, -0.1) is 11.3 Å². The second-order valence-electron chi connectivity index (χ2n) is 6.87. The van der Waals surface area contributed by atoms with Gasteiger partial charge < -0.3 is 10.3 Å².